The fourth-order valence-corrected chi connectivity index (χ4v) is 4.45. The number of carbonyl (C=O) groups excluding carboxylic acids is 2. The predicted molar refractivity (Wildman–Crippen MR) is 119 cm³/mol. The maximum absolute atomic E-state index is 12.4. The Labute approximate surface area is 177 Å². The van der Waals surface area contributed by atoms with Crippen LogP contribution in [0.25, 0.3) is 0 Å². The summed E-state index contributed by atoms with van der Waals surface area (Å²) < 4.78 is 25.5. The van der Waals surface area contributed by atoms with Crippen LogP contribution in [0.2, 0.25) is 0 Å². The van der Waals surface area contributed by atoms with Gasteiger partial charge >= 0.3 is 0 Å². The molecule has 1 amide bonds. The number of para-hydroxylation sites is 1. The first-order valence-corrected chi connectivity index (χ1v) is 11.8. The number of hydrogen-bond acceptors (Lipinski definition) is 5. The highest BCUT2D eigenvalue weighted by Crippen LogP contribution is 2.27. The molecule has 0 aliphatic carbocycles. The molecule has 1 N–H and O–H groups in total. The molecule has 0 radical (unpaired) electrons. The third kappa shape index (κ3) is 5.38. The minimum absolute atomic E-state index is 0.168. The van der Waals surface area contributed by atoms with Gasteiger partial charge in [0.05, 0.1) is 11.9 Å². The number of anilines is 2. The van der Waals surface area contributed by atoms with Crippen LogP contribution >= 0.6 is 0 Å². The molecule has 0 spiro atoms. The summed E-state index contributed by atoms with van der Waals surface area (Å²) >= 11 is 0. The standard InChI is InChI=1S/C22H27N3O4S/c1-17(26)19-8-5-9-20(15-19)25(30(2,28)29)16-22(27)23-12-6-13-24-14-11-18-7-3-4-10-21(18)24/h3-5,7-10,15H,6,11-14,16H2,1-2H3,(H,23,27). The lowest BCUT2D eigenvalue weighted by molar-refractivity contribution is -0.119. The highest BCUT2D eigenvalue weighted by atomic mass is 32.2. The molecule has 0 unspecified atom stereocenters. The highest BCUT2D eigenvalue weighted by molar-refractivity contribution is 7.92. The lowest BCUT2D eigenvalue weighted by atomic mass is 10.1. The normalized spacial score (nSPS) is 13.1. The Balaban J connectivity index is 1.54. The van der Waals surface area contributed by atoms with E-state index >= 15 is 0 Å². The zero-order valence-corrected chi connectivity index (χ0v) is 18.1. The smallest absolute Gasteiger partial charge is 0.240 e. The van der Waals surface area contributed by atoms with E-state index in [1.165, 1.54) is 24.2 Å². The lowest BCUT2D eigenvalue weighted by Crippen LogP contribution is -2.41. The van der Waals surface area contributed by atoms with Crippen LogP contribution in [0, 0.1) is 0 Å². The molecule has 7 nitrogen and oxygen atoms in total. The van der Waals surface area contributed by atoms with E-state index in [0.29, 0.717) is 17.8 Å². The van der Waals surface area contributed by atoms with Gasteiger partial charge in [0, 0.05) is 30.9 Å². The number of rotatable bonds is 9. The minimum atomic E-state index is -3.68. The number of nitrogens with zero attached hydrogens (tertiary/aromatic N) is 2. The fourth-order valence-electron chi connectivity index (χ4n) is 3.60. The van der Waals surface area contributed by atoms with Gasteiger partial charge in [0.2, 0.25) is 15.9 Å². The molecule has 2 aromatic carbocycles. The molecule has 0 atom stereocenters. The Morgan fingerprint density at radius 2 is 1.90 bits per heavy atom. The van der Waals surface area contributed by atoms with Crippen LogP contribution in [0.1, 0.15) is 29.3 Å². The largest absolute Gasteiger partial charge is 0.371 e. The second-order valence-corrected chi connectivity index (χ2v) is 9.35. The summed E-state index contributed by atoms with van der Waals surface area (Å²) in [7, 11) is -3.68. The Morgan fingerprint density at radius 3 is 2.63 bits per heavy atom. The van der Waals surface area contributed by atoms with E-state index in [2.05, 4.69) is 22.3 Å². The van der Waals surface area contributed by atoms with Crippen molar-refractivity contribution in [3.63, 3.8) is 0 Å². The molecular formula is C22H27N3O4S. The predicted octanol–water partition coefficient (Wildman–Crippen LogP) is 2.22. The monoisotopic (exact) mass is 429 g/mol. The Hall–Kier alpha value is -2.87. The molecule has 3 rings (SSSR count). The summed E-state index contributed by atoms with van der Waals surface area (Å²) in [6.07, 6.45) is 2.84. The number of nitrogens with one attached hydrogen (secondary N) is 1. The van der Waals surface area contributed by atoms with Crippen molar-refractivity contribution in [1.82, 2.24) is 5.32 Å². The SMILES string of the molecule is CC(=O)c1cccc(N(CC(=O)NCCCN2CCc3ccccc32)S(C)(=O)=O)c1. The van der Waals surface area contributed by atoms with Gasteiger partial charge in [0.25, 0.3) is 0 Å². The number of Topliss-reactive ketones (excluding diaryl/α,β-unsaturated/α-hetero) is 1. The first kappa shape index (κ1) is 21.8. The van der Waals surface area contributed by atoms with Gasteiger partial charge in [-0.25, -0.2) is 8.42 Å². The number of benzene rings is 2. The van der Waals surface area contributed by atoms with Crippen molar-refractivity contribution in [3.8, 4) is 0 Å². The van der Waals surface area contributed by atoms with E-state index < -0.39 is 10.0 Å². The highest BCUT2D eigenvalue weighted by Gasteiger charge is 2.22. The van der Waals surface area contributed by atoms with Crippen LogP contribution in [-0.4, -0.2) is 52.5 Å². The van der Waals surface area contributed by atoms with Crippen molar-refractivity contribution in [2.75, 3.05) is 41.6 Å². The number of amides is 1. The number of hydrogen-bond donors (Lipinski definition) is 1. The van der Waals surface area contributed by atoms with E-state index in [-0.39, 0.29) is 18.2 Å². The summed E-state index contributed by atoms with van der Waals surface area (Å²) in [6.45, 7) is 3.35. The maximum Gasteiger partial charge on any atom is 0.240 e. The van der Waals surface area contributed by atoms with E-state index in [9.17, 15) is 18.0 Å². The summed E-state index contributed by atoms with van der Waals surface area (Å²) in [5, 5.41) is 2.80. The first-order chi connectivity index (χ1) is 14.3. The summed E-state index contributed by atoms with van der Waals surface area (Å²) in [5.74, 6) is -0.547. The van der Waals surface area contributed by atoms with Crippen molar-refractivity contribution in [1.29, 1.82) is 0 Å². The molecule has 160 valence electrons. The van der Waals surface area contributed by atoms with Crippen LogP contribution in [0.3, 0.4) is 0 Å². The molecule has 0 fully saturated rings. The van der Waals surface area contributed by atoms with E-state index in [1.807, 2.05) is 12.1 Å². The van der Waals surface area contributed by atoms with Gasteiger partial charge in [-0.05, 0) is 43.5 Å². The number of sulfonamides is 1. The van der Waals surface area contributed by atoms with Gasteiger partial charge in [-0.2, -0.15) is 0 Å². The first-order valence-electron chi connectivity index (χ1n) is 9.94. The van der Waals surface area contributed by atoms with Gasteiger partial charge in [-0.3, -0.25) is 13.9 Å². The molecule has 8 heteroatoms. The molecule has 1 aliphatic rings. The molecule has 1 heterocycles. The minimum Gasteiger partial charge on any atom is -0.371 e. The fraction of sp³-hybridized carbons (Fsp3) is 0.364. The van der Waals surface area contributed by atoms with Crippen LogP contribution in [-0.2, 0) is 21.2 Å². The van der Waals surface area contributed by atoms with Crippen LogP contribution in [0.5, 0.6) is 0 Å². The third-order valence-electron chi connectivity index (χ3n) is 5.14. The second-order valence-electron chi connectivity index (χ2n) is 7.45. The van der Waals surface area contributed by atoms with Crippen molar-refractivity contribution in [2.45, 2.75) is 19.8 Å². The number of carbonyl (C=O) groups is 2. The van der Waals surface area contributed by atoms with Crippen LogP contribution < -0.4 is 14.5 Å². The Kier molecular flexibility index (Phi) is 6.77. The second kappa shape index (κ2) is 9.30. The number of ketones is 1. The molecule has 2 aromatic rings. The molecule has 0 aromatic heterocycles. The van der Waals surface area contributed by atoms with Crippen molar-refractivity contribution in [2.24, 2.45) is 0 Å². The number of fused-ring (bicyclic) bond motifs is 1. The average Bonchev–Trinajstić information content (AvgIpc) is 3.12. The molecular weight excluding hydrogens is 402 g/mol. The van der Waals surface area contributed by atoms with Crippen molar-refractivity contribution < 1.29 is 18.0 Å². The molecule has 0 saturated carbocycles. The summed E-state index contributed by atoms with van der Waals surface area (Å²) in [4.78, 5) is 26.3. The molecule has 1 aliphatic heterocycles. The van der Waals surface area contributed by atoms with Gasteiger partial charge < -0.3 is 10.2 Å². The maximum atomic E-state index is 12.4. The molecule has 0 bridgehead atoms. The topological polar surface area (TPSA) is 86.8 Å². The molecule has 30 heavy (non-hydrogen) atoms. The van der Waals surface area contributed by atoms with Gasteiger partial charge in [-0.1, -0.05) is 30.3 Å². The zero-order valence-electron chi connectivity index (χ0n) is 17.3. The Morgan fingerprint density at radius 1 is 1.13 bits per heavy atom. The molecule has 0 saturated heterocycles. The van der Waals surface area contributed by atoms with E-state index in [1.54, 1.807) is 18.2 Å². The Bertz CT molecular complexity index is 1040. The summed E-state index contributed by atoms with van der Waals surface area (Å²) in [5.41, 5.74) is 3.29. The quantitative estimate of drug-likeness (QED) is 0.488. The van der Waals surface area contributed by atoms with E-state index in [0.717, 1.165) is 36.5 Å². The van der Waals surface area contributed by atoms with Gasteiger partial charge in [0.1, 0.15) is 6.54 Å². The van der Waals surface area contributed by atoms with Crippen molar-refractivity contribution in [3.05, 3.63) is 59.7 Å². The van der Waals surface area contributed by atoms with Crippen molar-refractivity contribution >= 4 is 33.1 Å². The van der Waals surface area contributed by atoms with E-state index in [4.69, 9.17) is 0 Å². The van der Waals surface area contributed by atoms with Gasteiger partial charge in [0.15, 0.2) is 5.78 Å². The van der Waals surface area contributed by atoms with Crippen LogP contribution in [0.4, 0.5) is 11.4 Å². The summed E-state index contributed by atoms with van der Waals surface area (Å²) in [6, 6.07) is 14.6. The lowest BCUT2D eigenvalue weighted by Gasteiger charge is -2.23. The zero-order chi connectivity index (χ0) is 21.7. The third-order valence-corrected chi connectivity index (χ3v) is 6.28. The van der Waals surface area contributed by atoms with Gasteiger partial charge in [-0.15, -0.1) is 0 Å². The average molecular weight is 430 g/mol. The van der Waals surface area contributed by atoms with Crippen LogP contribution in [0.15, 0.2) is 48.5 Å².